The molecule has 0 N–H and O–H groups in total. The zero-order chi connectivity index (χ0) is 12.6. The van der Waals surface area contributed by atoms with Crippen LogP contribution in [0.15, 0.2) is 18.2 Å². The van der Waals surface area contributed by atoms with Crippen molar-refractivity contribution in [2.75, 3.05) is 11.4 Å². The van der Waals surface area contributed by atoms with Gasteiger partial charge in [-0.2, -0.15) is 0 Å². The molecule has 1 aromatic carbocycles. The lowest BCUT2D eigenvalue weighted by atomic mass is 9.80. The number of benzene rings is 1. The van der Waals surface area contributed by atoms with Crippen LogP contribution in [0.25, 0.3) is 0 Å². The van der Waals surface area contributed by atoms with Crippen molar-refractivity contribution >= 4 is 11.6 Å². The Morgan fingerprint density at radius 2 is 2.06 bits per heavy atom. The first-order valence-corrected chi connectivity index (χ1v) is 6.17. The standard InChI is InChI=1S/C14H18FNO/c1-4-9-14(3)10-7-6-8-11(15)12(10)16(5-2)13(14)17/h6-8H,4-5,9H2,1-3H3. The van der Waals surface area contributed by atoms with E-state index in [0.29, 0.717) is 12.2 Å². The highest BCUT2D eigenvalue weighted by molar-refractivity contribution is 6.07. The van der Waals surface area contributed by atoms with E-state index < -0.39 is 5.41 Å². The van der Waals surface area contributed by atoms with E-state index in [9.17, 15) is 9.18 Å². The number of anilines is 1. The summed E-state index contributed by atoms with van der Waals surface area (Å²) >= 11 is 0. The molecule has 1 aliphatic heterocycles. The van der Waals surface area contributed by atoms with Crippen LogP contribution in [0.3, 0.4) is 0 Å². The average molecular weight is 235 g/mol. The molecule has 1 atom stereocenters. The third-order valence-electron chi connectivity index (χ3n) is 3.63. The van der Waals surface area contributed by atoms with Crippen LogP contribution in [0, 0.1) is 5.82 Å². The van der Waals surface area contributed by atoms with Crippen LogP contribution in [-0.2, 0) is 10.2 Å². The molecule has 1 heterocycles. The molecule has 92 valence electrons. The predicted octanol–water partition coefficient (Wildman–Crippen LogP) is 3.25. The summed E-state index contributed by atoms with van der Waals surface area (Å²) in [4.78, 5) is 14.0. The molecule has 1 aliphatic rings. The first kappa shape index (κ1) is 12.1. The molecule has 2 nitrogen and oxygen atoms in total. The third-order valence-corrected chi connectivity index (χ3v) is 3.63. The Bertz CT molecular complexity index is 458. The molecule has 2 rings (SSSR count). The summed E-state index contributed by atoms with van der Waals surface area (Å²) in [6.07, 6.45) is 1.68. The van der Waals surface area contributed by atoms with Gasteiger partial charge in [-0.05, 0) is 31.9 Å². The van der Waals surface area contributed by atoms with Crippen LogP contribution >= 0.6 is 0 Å². The largest absolute Gasteiger partial charge is 0.309 e. The summed E-state index contributed by atoms with van der Waals surface area (Å²) in [6.45, 7) is 6.37. The van der Waals surface area contributed by atoms with E-state index in [1.54, 1.807) is 11.0 Å². The minimum atomic E-state index is -0.553. The number of likely N-dealkylation sites (N-methyl/N-ethyl adjacent to an activating group) is 1. The van der Waals surface area contributed by atoms with E-state index in [0.717, 1.165) is 18.4 Å². The molecule has 0 fully saturated rings. The van der Waals surface area contributed by atoms with Crippen LogP contribution in [-0.4, -0.2) is 12.5 Å². The molecule has 0 aliphatic carbocycles. The second-order valence-electron chi connectivity index (χ2n) is 4.77. The maximum Gasteiger partial charge on any atom is 0.237 e. The molecule has 0 radical (unpaired) electrons. The molecule has 1 unspecified atom stereocenters. The number of carbonyl (C=O) groups excluding carboxylic acids is 1. The molecule has 0 saturated heterocycles. The predicted molar refractivity (Wildman–Crippen MR) is 66.7 cm³/mol. The fourth-order valence-corrected chi connectivity index (χ4v) is 2.79. The monoisotopic (exact) mass is 235 g/mol. The Balaban J connectivity index is 2.62. The zero-order valence-corrected chi connectivity index (χ0v) is 10.6. The Hall–Kier alpha value is -1.38. The Morgan fingerprint density at radius 3 is 2.65 bits per heavy atom. The van der Waals surface area contributed by atoms with Crippen LogP contribution < -0.4 is 4.90 Å². The first-order valence-electron chi connectivity index (χ1n) is 6.17. The van der Waals surface area contributed by atoms with Gasteiger partial charge in [0.1, 0.15) is 5.82 Å². The normalized spacial score (nSPS) is 23.1. The number of nitrogens with zero attached hydrogens (tertiary/aromatic N) is 1. The van der Waals surface area contributed by atoms with Crippen molar-refractivity contribution < 1.29 is 9.18 Å². The lowest BCUT2D eigenvalue weighted by molar-refractivity contribution is -0.122. The van der Waals surface area contributed by atoms with E-state index in [1.807, 2.05) is 26.8 Å². The van der Waals surface area contributed by atoms with Gasteiger partial charge in [-0.1, -0.05) is 25.5 Å². The fourth-order valence-electron chi connectivity index (χ4n) is 2.79. The molecule has 0 aromatic heterocycles. The van der Waals surface area contributed by atoms with Crippen molar-refractivity contribution in [3.63, 3.8) is 0 Å². The molecule has 0 saturated carbocycles. The van der Waals surface area contributed by atoms with Gasteiger partial charge >= 0.3 is 0 Å². The first-order chi connectivity index (χ1) is 8.06. The van der Waals surface area contributed by atoms with Gasteiger partial charge in [-0.25, -0.2) is 4.39 Å². The molecule has 17 heavy (non-hydrogen) atoms. The number of para-hydroxylation sites is 1. The highest BCUT2D eigenvalue weighted by atomic mass is 19.1. The van der Waals surface area contributed by atoms with Gasteiger partial charge in [0.25, 0.3) is 0 Å². The van der Waals surface area contributed by atoms with E-state index in [4.69, 9.17) is 0 Å². The van der Waals surface area contributed by atoms with Crippen LogP contribution in [0.4, 0.5) is 10.1 Å². The lowest BCUT2D eigenvalue weighted by Crippen LogP contribution is -2.38. The Morgan fingerprint density at radius 1 is 1.35 bits per heavy atom. The van der Waals surface area contributed by atoms with Gasteiger partial charge in [0.15, 0.2) is 0 Å². The van der Waals surface area contributed by atoms with Gasteiger partial charge in [0, 0.05) is 6.54 Å². The summed E-state index contributed by atoms with van der Waals surface area (Å²) in [5.74, 6) is -0.264. The number of carbonyl (C=O) groups is 1. The minimum Gasteiger partial charge on any atom is -0.309 e. The van der Waals surface area contributed by atoms with Gasteiger partial charge < -0.3 is 4.90 Å². The van der Waals surface area contributed by atoms with Crippen molar-refractivity contribution in [1.82, 2.24) is 0 Å². The number of fused-ring (bicyclic) bond motifs is 1. The summed E-state index contributed by atoms with van der Waals surface area (Å²) in [5, 5.41) is 0. The van der Waals surface area contributed by atoms with Gasteiger partial charge in [0.05, 0.1) is 11.1 Å². The van der Waals surface area contributed by atoms with Crippen molar-refractivity contribution in [3.8, 4) is 0 Å². The highest BCUT2D eigenvalue weighted by Gasteiger charge is 2.47. The fraction of sp³-hybridized carbons (Fsp3) is 0.500. The van der Waals surface area contributed by atoms with Crippen molar-refractivity contribution in [3.05, 3.63) is 29.6 Å². The molecule has 1 amide bonds. The van der Waals surface area contributed by atoms with Gasteiger partial charge in [-0.3, -0.25) is 4.79 Å². The number of amides is 1. The van der Waals surface area contributed by atoms with E-state index in [2.05, 4.69) is 0 Å². The number of hydrogen-bond donors (Lipinski definition) is 0. The van der Waals surface area contributed by atoms with E-state index in [-0.39, 0.29) is 11.7 Å². The molecule has 0 bridgehead atoms. The SMILES string of the molecule is CCCC1(C)C(=O)N(CC)c2c(F)cccc21. The van der Waals surface area contributed by atoms with Crippen molar-refractivity contribution in [1.29, 1.82) is 0 Å². The van der Waals surface area contributed by atoms with Gasteiger partial charge in [0.2, 0.25) is 5.91 Å². The van der Waals surface area contributed by atoms with Gasteiger partial charge in [-0.15, -0.1) is 0 Å². The van der Waals surface area contributed by atoms with Crippen molar-refractivity contribution in [2.45, 2.75) is 39.0 Å². The highest BCUT2D eigenvalue weighted by Crippen LogP contribution is 2.45. The maximum absolute atomic E-state index is 13.9. The summed E-state index contributed by atoms with van der Waals surface area (Å²) in [5.41, 5.74) is 0.768. The maximum atomic E-state index is 13.9. The second-order valence-corrected chi connectivity index (χ2v) is 4.77. The molecule has 1 aromatic rings. The van der Waals surface area contributed by atoms with E-state index in [1.165, 1.54) is 6.07 Å². The number of rotatable bonds is 3. The van der Waals surface area contributed by atoms with Crippen LogP contribution in [0.5, 0.6) is 0 Å². The quantitative estimate of drug-likeness (QED) is 0.787. The smallest absolute Gasteiger partial charge is 0.237 e. The summed E-state index contributed by atoms with van der Waals surface area (Å²) < 4.78 is 13.9. The Kier molecular flexibility index (Phi) is 2.94. The Labute approximate surface area is 101 Å². The second kappa shape index (κ2) is 4.13. The van der Waals surface area contributed by atoms with Crippen LogP contribution in [0.2, 0.25) is 0 Å². The molecular formula is C14H18FNO. The minimum absolute atomic E-state index is 0.0296. The lowest BCUT2D eigenvalue weighted by Gasteiger charge is -2.23. The van der Waals surface area contributed by atoms with Crippen molar-refractivity contribution in [2.24, 2.45) is 0 Å². The topological polar surface area (TPSA) is 20.3 Å². The molecule has 3 heteroatoms. The van der Waals surface area contributed by atoms with Crippen LogP contribution in [0.1, 0.15) is 39.2 Å². The molecule has 0 spiro atoms. The van der Waals surface area contributed by atoms with E-state index >= 15 is 0 Å². The third kappa shape index (κ3) is 1.56. The number of hydrogen-bond acceptors (Lipinski definition) is 1. The molecular weight excluding hydrogens is 217 g/mol. The zero-order valence-electron chi connectivity index (χ0n) is 10.6. The summed E-state index contributed by atoms with van der Waals surface area (Å²) in [6, 6.07) is 4.99. The average Bonchev–Trinajstić information content (AvgIpc) is 2.52. The summed E-state index contributed by atoms with van der Waals surface area (Å²) in [7, 11) is 0. The number of halogens is 1.